The molecule has 0 aliphatic carbocycles. The Morgan fingerprint density at radius 3 is 2.75 bits per heavy atom. The number of imide groups is 1. The van der Waals surface area contributed by atoms with E-state index in [-0.39, 0.29) is 24.7 Å². The molecule has 5 nitrogen and oxygen atoms in total. The molecule has 2 heterocycles. The molecular weight excluding hydrogens is 306 g/mol. The first-order valence-corrected chi connectivity index (χ1v) is 8.46. The highest BCUT2D eigenvalue weighted by atomic mass is 16.6. The second kappa shape index (κ2) is 7.18. The van der Waals surface area contributed by atoms with Gasteiger partial charge in [-0.2, -0.15) is 0 Å². The first-order valence-electron chi connectivity index (χ1n) is 8.46. The number of carbonyl (C=O) groups is 2. The lowest BCUT2D eigenvalue weighted by molar-refractivity contribution is -0.145. The minimum Gasteiger partial charge on any atom is -0.447 e. The fraction of sp³-hybridized carbons (Fsp3) is 0.474. The average molecular weight is 329 g/mol. The van der Waals surface area contributed by atoms with Gasteiger partial charge in [0.05, 0.1) is 12.1 Å². The first-order chi connectivity index (χ1) is 11.6. The van der Waals surface area contributed by atoms with Crippen molar-refractivity contribution >= 4 is 12.0 Å². The molecule has 0 radical (unpaired) electrons. The summed E-state index contributed by atoms with van der Waals surface area (Å²) in [6, 6.07) is 9.54. The molecule has 1 aromatic carbocycles. The van der Waals surface area contributed by atoms with Gasteiger partial charge in [0.2, 0.25) is 0 Å². The summed E-state index contributed by atoms with van der Waals surface area (Å²) < 4.78 is 11.0. The summed E-state index contributed by atoms with van der Waals surface area (Å²) in [6.45, 7) is 4.27. The molecule has 3 rings (SSSR count). The summed E-state index contributed by atoms with van der Waals surface area (Å²) in [6.07, 6.45) is 2.71. The second-order valence-corrected chi connectivity index (χ2v) is 6.33. The zero-order valence-electron chi connectivity index (χ0n) is 14.1. The number of cyclic esters (lactones) is 1. The predicted octanol–water partition coefficient (Wildman–Crippen LogP) is 3.09. The maximum atomic E-state index is 12.9. The van der Waals surface area contributed by atoms with Crippen LogP contribution in [-0.2, 0) is 20.7 Å². The molecule has 0 aromatic heterocycles. The van der Waals surface area contributed by atoms with Crippen LogP contribution in [0.2, 0.25) is 0 Å². The fourth-order valence-corrected chi connectivity index (χ4v) is 3.28. The molecule has 0 N–H and O–H groups in total. The molecule has 1 aromatic rings. The summed E-state index contributed by atoms with van der Waals surface area (Å²) in [5, 5.41) is 0. The number of amides is 2. The quantitative estimate of drug-likeness (QED) is 0.797. The predicted molar refractivity (Wildman–Crippen MR) is 89.5 cm³/mol. The van der Waals surface area contributed by atoms with Gasteiger partial charge in [-0.25, -0.2) is 9.69 Å². The van der Waals surface area contributed by atoms with Crippen molar-refractivity contribution in [1.82, 2.24) is 4.90 Å². The van der Waals surface area contributed by atoms with Gasteiger partial charge in [0.15, 0.2) is 0 Å². The van der Waals surface area contributed by atoms with E-state index >= 15 is 0 Å². The minimum absolute atomic E-state index is 0.0566. The Kier molecular flexibility index (Phi) is 5.00. The maximum absolute atomic E-state index is 12.9. The summed E-state index contributed by atoms with van der Waals surface area (Å²) >= 11 is 0. The molecule has 1 saturated heterocycles. The number of rotatable bonds is 4. The Morgan fingerprint density at radius 1 is 1.29 bits per heavy atom. The van der Waals surface area contributed by atoms with Crippen molar-refractivity contribution in [3.05, 3.63) is 47.5 Å². The van der Waals surface area contributed by atoms with E-state index in [1.165, 1.54) is 4.90 Å². The van der Waals surface area contributed by atoms with E-state index in [0.29, 0.717) is 12.8 Å². The van der Waals surface area contributed by atoms with Crippen LogP contribution in [0.3, 0.4) is 0 Å². The molecular formula is C19H23NO4. The molecule has 1 fully saturated rings. The topological polar surface area (TPSA) is 55.8 Å². The lowest BCUT2D eigenvalue weighted by Gasteiger charge is -2.31. The van der Waals surface area contributed by atoms with Crippen LogP contribution in [0, 0.1) is 0 Å². The smallest absolute Gasteiger partial charge is 0.417 e. The number of hydrogen-bond acceptors (Lipinski definition) is 4. The van der Waals surface area contributed by atoms with Gasteiger partial charge in [-0.05, 0) is 30.9 Å². The Labute approximate surface area is 142 Å². The second-order valence-electron chi connectivity index (χ2n) is 6.33. The van der Waals surface area contributed by atoms with Gasteiger partial charge in [-0.3, -0.25) is 4.79 Å². The van der Waals surface area contributed by atoms with Crippen LogP contribution in [0.1, 0.15) is 32.3 Å². The van der Waals surface area contributed by atoms with Gasteiger partial charge < -0.3 is 9.47 Å². The Balaban J connectivity index is 1.73. The summed E-state index contributed by atoms with van der Waals surface area (Å²) in [5.41, 5.74) is 2.22. The van der Waals surface area contributed by atoms with Crippen molar-refractivity contribution in [3.63, 3.8) is 0 Å². The highest BCUT2D eigenvalue weighted by Gasteiger charge is 2.42. The molecule has 0 saturated carbocycles. The Bertz CT molecular complexity index is 640. The Morgan fingerprint density at radius 2 is 2.04 bits per heavy atom. The lowest BCUT2D eigenvalue weighted by atomic mass is 10.0. The molecule has 5 heteroatoms. The zero-order valence-corrected chi connectivity index (χ0v) is 14.1. The lowest BCUT2D eigenvalue weighted by Crippen LogP contribution is -2.48. The van der Waals surface area contributed by atoms with E-state index in [2.05, 4.69) is 0 Å². The third-order valence-corrected chi connectivity index (χ3v) is 4.65. The maximum Gasteiger partial charge on any atom is 0.417 e. The molecule has 2 aliphatic heterocycles. The van der Waals surface area contributed by atoms with E-state index < -0.39 is 12.2 Å². The van der Waals surface area contributed by atoms with Crippen LogP contribution in [0.25, 0.3) is 0 Å². The van der Waals surface area contributed by atoms with Crippen LogP contribution >= 0.6 is 0 Å². The van der Waals surface area contributed by atoms with Gasteiger partial charge >= 0.3 is 6.09 Å². The SMILES string of the molecule is CC[C@H]1O[C@@H](C(=O)N2C(=O)OC[C@@H]2Cc2ccccc2)CC=C1C. The fourth-order valence-electron chi connectivity index (χ4n) is 3.28. The van der Waals surface area contributed by atoms with Crippen LogP contribution in [0.15, 0.2) is 42.0 Å². The van der Waals surface area contributed by atoms with Crippen molar-refractivity contribution in [2.75, 3.05) is 6.61 Å². The average Bonchev–Trinajstić information content (AvgIpc) is 2.96. The van der Waals surface area contributed by atoms with E-state index in [9.17, 15) is 9.59 Å². The molecule has 0 unspecified atom stereocenters. The van der Waals surface area contributed by atoms with Crippen molar-refractivity contribution in [2.45, 2.75) is 51.4 Å². The highest BCUT2D eigenvalue weighted by Crippen LogP contribution is 2.25. The number of benzene rings is 1. The number of hydrogen-bond donors (Lipinski definition) is 0. The molecule has 3 atom stereocenters. The summed E-state index contributed by atoms with van der Waals surface area (Å²) in [7, 11) is 0. The third-order valence-electron chi connectivity index (χ3n) is 4.65. The van der Waals surface area contributed by atoms with Crippen LogP contribution in [0.4, 0.5) is 4.79 Å². The van der Waals surface area contributed by atoms with Crippen LogP contribution in [0.5, 0.6) is 0 Å². The van der Waals surface area contributed by atoms with E-state index in [4.69, 9.17) is 9.47 Å². The molecule has 24 heavy (non-hydrogen) atoms. The third kappa shape index (κ3) is 3.36. The van der Waals surface area contributed by atoms with Crippen molar-refractivity contribution < 1.29 is 19.1 Å². The van der Waals surface area contributed by atoms with Crippen molar-refractivity contribution in [1.29, 1.82) is 0 Å². The summed E-state index contributed by atoms with van der Waals surface area (Å²) in [4.78, 5) is 26.2. The number of ether oxygens (including phenoxy) is 2. The van der Waals surface area contributed by atoms with Gasteiger partial charge in [-0.1, -0.05) is 43.3 Å². The minimum atomic E-state index is -0.609. The van der Waals surface area contributed by atoms with Crippen molar-refractivity contribution in [3.8, 4) is 0 Å². The normalized spacial score (nSPS) is 26.9. The number of carbonyl (C=O) groups excluding carboxylic acids is 2. The van der Waals surface area contributed by atoms with Crippen molar-refractivity contribution in [2.24, 2.45) is 0 Å². The van der Waals surface area contributed by atoms with Gasteiger partial charge in [-0.15, -0.1) is 0 Å². The molecule has 128 valence electrons. The molecule has 2 aliphatic rings. The molecule has 0 bridgehead atoms. The standard InChI is InChI=1S/C19H23NO4/c1-3-16-13(2)9-10-17(24-16)18(21)20-15(12-23-19(20)22)11-14-7-5-4-6-8-14/h4-9,15-17H,3,10-12H2,1-2H3/t15-,16+,17+/m0/s1. The van der Waals surface area contributed by atoms with E-state index in [1.807, 2.05) is 50.3 Å². The van der Waals surface area contributed by atoms with E-state index in [1.54, 1.807) is 0 Å². The zero-order chi connectivity index (χ0) is 17.1. The number of nitrogens with zero attached hydrogens (tertiary/aromatic N) is 1. The monoisotopic (exact) mass is 329 g/mol. The summed E-state index contributed by atoms with van der Waals surface area (Å²) in [5.74, 6) is -0.291. The largest absolute Gasteiger partial charge is 0.447 e. The van der Waals surface area contributed by atoms with Gasteiger partial charge in [0.1, 0.15) is 12.7 Å². The van der Waals surface area contributed by atoms with Crippen LogP contribution in [-0.4, -0.2) is 41.8 Å². The highest BCUT2D eigenvalue weighted by molar-refractivity contribution is 5.96. The Hall–Kier alpha value is -2.14. The van der Waals surface area contributed by atoms with E-state index in [0.717, 1.165) is 17.6 Å². The van der Waals surface area contributed by atoms with Gasteiger partial charge in [0, 0.05) is 6.42 Å². The first kappa shape index (κ1) is 16.7. The molecule has 2 amide bonds. The van der Waals surface area contributed by atoms with Crippen LogP contribution < -0.4 is 0 Å². The molecule has 0 spiro atoms. The van der Waals surface area contributed by atoms with Gasteiger partial charge in [0.25, 0.3) is 5.91 Å².